The summed E-state index contributed by atoms with van der Waals surface area (Å²) in [5, 5.41) is 7.03. The van der Waals surface area contributed by atoms with E-state index in [1.54, 1.807) is 24.0 Å². The Morgan fingerprint density at radius 1 is 1.32 bits per heavy atom. The van der Waals surface area contributed by atoms with Gasteiger partial charge in [0.1, 0.15) is 0 Å². The molecule has 0 bridgehead atoms. The molecule has 1 saturated heterocycles. The highest BCUT2D eigenvalue weighted by Gasteiger charge is 2.38. The summed E-state index contributed by atoms with van der Waals surface area (Å²) in [5.41, 5.74) is 1.15. The van der Waals surface area contributed by atoms with E-state index in [1.807, 2.05) is 0 Å². The predicted octanol–water partition coefficient (Wildman–Crippen LogP) is 2.65. The van der Waals surface area contributed by atoms with E-state index in [0.29, 0.717) is 11.1 Å². The first-order valence-electron chi connectivity index (χ1n) is 8.37. The van der Waals surface area contributed by atoms with Gasteiger partial charge in [0.2, 0.25) is 0 Å². The van der Waals surface area contributed by atoms with Crippen molar-refractivity contribution in [2.24, 2.45) is 7.05 Å². The summed E-state index contributed by atoms with van der Waals surface area (Å²) in [6.45, 7) is 4.88. The zero-order chi connectivity index (χ0) is 18.1. The predicted molar refractivity (Wildman–Crippen MR) is 90.0 cm³/mol. The maximum absolute atomic E-state index is 13.7. The van der Waals surface area contributed by atoms with Crippen LogP contribution < -0.4 is 5.32 Å². The van der Waals surface area contributed by atoms with E-state index < -0.39 is 11.6 Å². The molecule has 2 heterocycles. The fourth-order valence-electron chi connectivity index (χ4n) is 3.46. The Morgan fingerprint density at radius 3 is 2.68 bits per heavy atom. The molecule has 2 aromatic rings. The second kappa shape index (κ2) is 6.92. The second-order valence-corrected chi connectivity index (χ2v) is 6.72. The first-order valence-corrected chi connectivity index (χ1v) is 8.37. The number of halogens is 2. The lowest BCUT2D eigenvalue weighted by Crippen LogP contribution is -2.41. The molecule has 134 valence electrons. The van der Waals surface area contributed by atoms with Crippen molar-refractivity contribution in [3.8, 4) is 0 Å². The zero-order valence-corrected chi connectivity index (χ0v) is 14.5. The maximum atomic E-state index is 13.7. The van der Waals surface area contributed by atoms with E-state index in [4.69, 9.17) is 0 Å². The number of nitrogens with zero attached hydrogens (tertiary/aromatic N) is 3. The standard InChI is InChI=1S/C18H22F2N4O/c1-11(2)24-7-6-16(22-18(25)13-9-21-23(3)10-13)17(24)12-4-5-14(19)15(20)8-12/h4-5,8-11,16-17H,6-7H2,1-3H3,(H,22,25)/t16-,17-/m0/s1. The number of rotatable bonds is 4. The van der Waals surface area contributed by atoms with Crippen LogP contribution in [0, 0.1) is 11.6 Å². The first-order chi connectivity index (χ1) is 11.9. The van der Waals surface area contributed by atoms with Gasteiger partial charge >= 0.3 is 0 Å². The van der Waals surface area contributed by atoms with Crippen LogP contribution in [0.15, 0.2) is 30.6 Å². The fourth-order valence-corrected chi connectivity index (χ4v) is 3.46. The smallest absolute Gasteiger partial charge is 0.254 e. The van der Waals surface area contributed by atoms with Crippen LogP contribution in [0.3, 0.4) is 0 Å². The van der Waals surface area contributed by atoms with Gasteiger partial charge in [-0.3, -0.25) is 14.4 Å². The van der Waals surface area contributed by atoms with Gasteiger partial charge in [-0.15, -0.1) is 0 Å². The third-order valence-electron chi connectivity index (χ3n) is 4.67. The number of benzene rings is 1. The quantitative estimate of drug-likeness (QED) is 0.924. The summed E-state index contributed by atoms with van der Waals surface area (Å²) < 4.78 is 28.6. The topological polar surface area (TPSA) is 50.2 Å². The summed E-state index contributed by atoms with van der Waals surface area (Å²) in [4.78, 5) is 14.7. The number of carbonyl (C=O) groups is 1. The largest absolute Gasteiger partial charge is 0.347 e. The van der Waals surface area contributed by atoms with Gasteiger partial charge in [0.25, 0.3) is 5.91 Å². The van der Waals surface area contributed by atoms with Crippen LogP contribution in [-0.4, -0.2) is 39.2 Å². The van der Waals surface area contributed by atoms with E-state index in [9.17, 15) is 13.6 Å². The second-order valence-electron chi connectivity index (χ2n) is 6.72. The molecule has 7 heteroatoms. The van der Waals surface area contributed by atoms with E-state index in [2.05, 4.69) is 29.2 Å². The normalized spacial score (nSPS) is 21.0. The molecule has 25 heavy (non-hydrogen) atoms. The Kier molecular flexibility index (Phi) is 4.85. The number of aryl methyl sites for hydroxylation is 1. The Balaban J connectivity index is 1.86. The number of hydrogen-bond acceptors (Lipinski definition) is 3. The zero-order valence-electron chi connectivity index (χ0n) is 14.5. The monoisotopic (exact) mass is 348 g/mol. The minimum atomic E-state index is -0.870. The molecule has 0 unspecified atom stereocenters. The van der Waals surface area contributed by atoms with Crippen LogP contribution in [0.25, 0.3) is 0 Å². The summed E-state index contributed by atoms with van der Waals surface area (Å²) >= 11 is 0. The number of aromatic nitrogens is 2. The van der Waals surface area contributed by atoms with Crippen molar-refractivity contribution in [3.63, 3.8) is 0 Å². The van der Waals surface area contributed by atoms with Crippen LogP contribution in [0.5, 0.6) is 0 Å². The molecule has 1 aliphatic heterocycles. The molecule has 1 aliphatic rings. The minimum absolute atomic E-state index is 0.181. The minimum Gasteiger partial charge on any atom is -0.347 e. The number of nitrogens with one attached hydrogen (secondary N) is 1. The Labute approximate surface area is 145 Å². The number of likely N-dealkylation sites (tertiary alicyclic amines) is 1. The average Bonchev–Trinajstić information content (AvgIpc) is 3.16. The van der Waals surface area contributed by atoms with Crippen molar-refractivity contribution in [2.45, 2.75) is 38.4 Å². The molecule has 0 radical (unpaired) electrons. The van der Waals surface area contributed by atoms with Crippen LogP contribution in [0.4, 0.5) is 8.78 Å². The maximum Gasteiger partial charge on any atom is 0.254 e. The first kappa shape index (κ1) is 17.5. The van der Waals surface area contributed by atoms with Gasteiger partial charge in [0, 0.05) is 25.8 Å². The van der Waals surface area contributed by atoms with Crippen molar-refractivity contribution < 1.29 is 13.6 Å². The Bertz CT molecular complexity index is 774. The lowest BCUT2D eigenvalue weighted by atomic mass is 9.98. The van der Waals surface area contributed by atoms with Crippen molar-refractivity contribution >= 4 is 5.91 Å². The van der Waals surface area contributed by atoms with Gasteiger partial charge in [-0.2, -0.15) is 5.10 Å². The van der Waals surface area contributed by atoms with E-state index in [1.165, 1.54) is 12.3 Å². The van der Waals surface area contributed by atoms with Crippen LogP contribution in [0.1, 0.15) is 42.2 Å². The number of hydrogen-bond donors (Lipinski definition) is 1. The molecule has 0 aliphatic carbocycles. The third-order valence-corrected chi connectivity index (χ3v) is 4.67. The third kappa shape index (κ3) is 3.56. The van der Waals surface area contributed by atoms with Crippen molar-refractivity contribution in [1.29, 1.82) is 0 Å². The van der Waals surface area contributed by atoms with E-state index in [-0.39, 0.29) is 24.0 Å². The lowest BCUT2D eigenvalue weighted by molar-refractivity contribution is 0.0919. The van der Waals surface area contributed by atoms with Crippen molar-refractivity contribution in [3.05, 3.63) is 53.4 Å². The Hall–Kier alpha value is -2.28. The van der Waals surface area contributed by atoms with Gasteiger partial charge in [0.15, 0.2) is 11.6 Å². The van der Waals surface area contributed by atoms with Crippen molar-refractivity contribution in [1.82, 2.24) is 20.0 Å². The number of amides is 1. The lowest BCUT2D eigenvalue weighted by Gasteiger charge is -2.32. The highest BCUT2D eigenvalue weighted by molar-refractivity contribution is 5.93. The van der Waals surface area contributed by atoms with Crippen LogP contribution in [-0.2, 0) is 7.05 Å². The van der Waals surface area contributed by atoms with Crippen LogP contribution >= 0.6 is 0 Å². The highest BCUT2D eigenvalue weighted by atomic mass is 19.2. The molecular weight excluding hydrogens is 326 g/mol. The van der Waals surface area contributed by atoms with Crippen molar-refractivity contribution in [2.75, 3.05) is 6.54 Å². The number of carbonyl (C=O) groups excluding carboxylic acids is 1. The van der Waals surface area contributed by atoms with Gasteiger partial charge in [0.05, 0.1) is 23.8 Å². The molecule has 0 spiro atoms. The van der Waals surface area contributed by atoms with Gasteiger partial charge < -0.3 is 5.32 Å². The molecule has 1 aromatic carbocycles. The fraction of sp³-hybridized carbons (Fsp3) is 0.444. The summed E-state index contributed by atoms with van der Waals surface area (Å²) in [6.07, 6.45) is 3.90. The molecular formula is C18H22F2N4O. The summed E-state index contributed by atoms with van der Waals surface area (Å²) in [7, 11) is 1.75. The SMILES string of the molecule is CC(C)N1CC[C@H](NC(=O)c2cnn(C)c2)[C@@H]1c1ccc(F)c(F)c1. The molecule has 1 N–H and O–H groups in total. The molecule has 1 fully saturated rings. The van der Waals surface area contributed by atoms with Gasteiger partial charge in [-0.1, -0.05) is 6.07 Å². The molecule has 1 aromatic heterocycles. The summed E-state index contributed by atoms with van der Waals surface area (Å²) in [5.74, 6) is -1.95. The summed E-state index contributed by atoms with van der Waals surface area (Å²) in [6, 6.07) is 3.80. The van der Waals surface area contributed by atoms with Gasteiger partial charge in [-0.05, 0) is 38.0 Å². The molecule has 5 nitrogen and oxygen atoms in total. The molecule has 3 rings (SSSR count). The molecule has 0 saturated carbocycles. The molecule has 1 amide bonds. The average molecular weight is 348 g/mol. The van der Waals surface area contributed by atoms with Gasteiger partial charge in [-0.25, -0.2) is 8.78 Å². The highest BCUT2D eigenvalue weighted by Crippen LogP contribution is 2.34. The molecule has 2 atom stereocenters. The van der Waals surface area contributed by atoms with Crippen LogP contribution in [0.2, 0.25) is 0 Å². The van der Waals surface area contributed by atoms with E-state index >= 15 is 0 Å². The Morgan fingerprint density at radius 2 is 2.08 bits per heavy atom. The van der Waals surface area contributed by atoms with E-state index in [0.717, 1.165) is 19.0 Å².